The molecule has 0 saturated carbocycles. The Morgan fingerprint density at radius 3 is 0.939 bits per heavy atom. The predicted molar refractivity (Wildman–Crippen MR) is 284 cm³/mol. The van der Waals surface area contributed by atoms with Gasteiger partial charge in [0.2, 0.25) is 0 Å². The van der Waals surface area contributed by atoms with E-state index in [4.69, 9.17) is 14.2 Å². The fourth-order valence-corrected chi connectivity index (χ4v) is 7.82. The van der Waals surface area contributed by atoms with E-state index < -0.39 is 6.10 Å². The highest BCUT2D eigenvalue weighted by Gasteiger charge is 2.19. The van der Waals surface area contributed by atoms with E-state index >= 15 is 0 Å². The Kier molecular flexibility index (Phi) is 51.9. The molecular formula is C60H104O6. The van der Waals surface area contributed by atoms with Crippen LogP contribution in [-0.4, -0.2) is 37.2 Å². The maximum atomic E-state index is 12.8. The van der Waals surface area contributed by atoms with Crippen molar-refractivity contribution in [1.82, 2.24) is 0 Å². The Morgan fingerprint density at radius 2 is 0.591 bits per heavy atom. The van der Waals surface area contributed by atoms with E-state index in [1.165, 1.54) is 122 Å². The zero-order valence-electron chi connectivity index (χ0n) is 43.4. The molecule has 1 atom stereocenters. The van der Waals surface area contributed by atoms with Crippen LogP contribution in [0, 0.1) is 0 Å². The molecule has 1 unspecified atom stereocenters. The fourth-order valence-electron chi connectivity index (χ4n) is 7.82. The smallest absolute Gasteiger partial charge is 0.306 e. The standard InChI is InChI=1S/C60H104O6/c1-4-7-10-13-16-19-22-25-28-30-31-33-35-38-41-44-47-50-53-59(62)65-56-57(55-64-58(61)52-49-46-43-40-37-34-27-24-21-18-15-12-9-6-3)66-60(63)54-51-48-45-42-39-36-32-29-26-23-20-17-14-11-8-5-2/h8-9,11-12,17-18,20-21,26,29,36,39,57H,4-7,10,13-16,19,22-25,27-28,30-35,37-38,40-56H2,1-3H3/b11-8-,12-9-,20-17-,21-18-,29-26-,39-36-. The first-order chi connectivity index (χ1) is 32.5. The maximum absolute atomic E-state index is 12.8. The van der Waals surface area contributed by atoms with E-state index in [2.05, 4.69) is 93.7 Å². The maximum Gasteiger partial charge on any atom is 0.306 e. The number of hydrogen-bond donors (Lipinski definition) is 0. The SMILES string of the molecule is CC/C=C\C/C=C\C/C=C\C/C=C\CCCCCC(=O)OC(COC(=O)CCCCCCCCC/C=C\C/C=C\CC)COC(=O)CCCCCCCCCCCCCCCCCCCC. The molecule has 0 spiro atoms. The molecule has 0 aliphatic carbocycles. The molecule has 0 aromatic heterocycles. The molecule has 0 bridgehead atoms. The molecule has 66 heavy (non-hydrogen) atoms. The molecule has 0 aromatic rings. The van der Waals surface area contributed by atoms with Crippen molar-refractivity contribution in [2.45, 2.75) is 277 Å². The van der Waals surface area contributed by atoms with Gasteiger partial charge in [0.25, 0.3) is 0 Å². The number of carbonyl (C=O) groups is 3. The van der Waals surface area contributed by atoms with Crippen molar-refractivity contribution in [3.05, 3.63) is 72.9 Å². The average molecular weight is 921 g/mol. The van der Waals surface area contributed by atoms with Gasteiger partial charge in [-0.1, -0.05) is 241 Å². The molecule has 0 aromatic carbocycles. The van der Waals surface area contributed by atoms with Gasteiger partial charge in [-0.3, -0.25) is 14.4 Å². The molecule has 0 aliphatic heterocycles. The lowest BCUT2D eigenvalue weighted by atomic mass is 10.0. The zero-order valence-corrected chi connectivity index (χ0v) is 43.4. The molecule has 0 N–H and O–H groups in total. The Bertz CT molecular complexity index is 1240. The topological polar surface area (TPSA) is 78.9 Å². The predicted octanol–water partition coefficient (Wildman–Crippen LogP) is 18.6. The van der Waals surface area contributed by atoms with Crippen molar-refractivity contribution < 1.29 is 28.6 Å². The van der Waals surface area contributed by atoms with Crippen LogP contribution < -0.4 is 0 Å². The summed E-state index contributed by atoms with van der Waals surface area (Å²) in [4.78, 5) is 38.1. The van der Waals surface area contributed by atoms with E-state index in [1.807, 2.05) is 0 Å². The highest BCUT2D eigenvalue weighted by Crippen LogP contribution is 2.16. The van der Waals surface area contributed by atoms with Crippen LogP contribution in [0.4, 0.5) is 0 Å². The highest BCUT2D eigenvalue weighted by molar-refractivity contribution is 5.71. The van der Waals surface area contributed by atoms with Gasteiger partial charge in [0, 0.05) is 19.3 Å². The minimum atomic E-state index is -0.794. The first-order valence-electron chi connectivity index (χ1n) is 27.9. The second-order valence-corrected chi connectivity index (χ2v) is 18.4. The third-order valence-corrected chi connectivity index (χ3v) is 12.0. The molecule has 0 radical (unpaired) electrons. The first-order valence-corrected chi connectivity index (χ1v) is 27.9. The molecule has 0 aliphatic rings. The van der Waals surface area contributed by atoms with E-state index in [-0.39, 0.29) is 31.1 Å². The molecule has 0 amide bonds. The molecule has 0 rings (SSSR count). The number of rotatable bonds is 50. The van der Waals surface area contributed by atoms with Gasteiger partial charge in [-0.05, 0) is 83.5 Å². The van der Waals surface area contributed by atoms with Crippen LogP contribution >= 0.6 is 0 Å². The molecule has 0 saturated heterocycles. The van der Waals surface area contributed by atoms with E-state index in [1.54, 1.807) is 0 Å². The molecule has 6 nitrogen and oxygen atoms in total. The summed E-state index contributed by atoms with van der Waals surface area (Å²) >= 11 is 0. The van der Waals surface area contributed by atoms with Crippen LogP contribution in [0.15, 0.2) is 72.9 Å². The summed E-state index contributed by atoms with van der Waals surface area (Å²) in [5.74, 6) is -0.921. The fraction of sp³-hybridized carbons (Fsp3) is 0.750. The number of hydrogen-bond acceptors (Lipinski definition) is 6. The Balaban J connectivity index is 4.40. The van der Waals surface area contributed by atoms with Crippen molar-refractivity contribution in [3.63, 3.8) is 0 Å². The lowest BCUT2D eigenvalue weighted by Crippen LogP contribution is -2.30. The van der Waals surface area contributed by atoms with Crippen LogP contribution in [0.25, 0.3) is 0 Å². The van der Waals surface area contributed by atoms with Gasteiger partial charge in [0.15, 0.2) is 6.10 Å². The largest absolute Gasteiger partial charge is 0.462 e. The lowest BCUT2D eigenvalue weighted by molar-refractivity contribution is -0.167. The van der Waals surface area contributed by atoms with Gasteiger partial charge < -0.3 is 14.2 Å². The van der Waals surface area contributed by atoms with Crippen molar-refractivity contribution in [2.75, 3.05) is 13.2 Å². The van der Waals surface area contributed by atoms with Crippen LogP contribution in [0.3, 0.4) is 0 Å². The molecule has 380 valence electrons. The summed E-state index contributed by atoms with van der Waals surface area (Å²) < 4.78 is 16.8. The number of allylic oxidation sites excluding steroid dienone is 12. The summed E-state index contributed by atoms with van der Waals surface area (Å²) in [6.07, 6.45) is 68.9. The second-order valence-electron chi connectivity index (χ2n) is 18.4. The van der Waals surface area contributed by atoms with Crippen molar-refractivity contribution in [1.29, 1.82) is 0 Å². The summed E-state index contributed by atoms with van der Waals surface area (Å²) in [5.41, 5.74) is 0. The second kappa shape index (κ2) is 54.5. The van der Waals surface area contributed by atoms with Crippen LogP contribution in [0.2, 0.25) is 0 Å². The normalized spacial score (nSPS) is 12.6. The van der Waals surface area contributed by atoms with Crippen molar-refractivity contribution >= 4 is 17.9 Å². The van der Waals surface area contributed by atoms with Gasteiger partial charge in [0.05, 0.1) is 0 Å². The number of carbonyl (C=O) groups excluding carboxylic acids is 3. The Hall–Kier alpha value is -3.15. The van der Waals surface area contributed by atoms with Crippen LogP contribution in [-0.2, 0) is 28.6 Å². The van der Waals surface area contributed by atoms with Crippen LogP contribution in [0.5, 0.6) is 0 Å². The van der Waals surface area contributed by atoms with E-state index in [9.17, 15) is 14.4 Å². The lowest BCUT2D eigenvalue weighted by Gasteiger charge is -2.18. The third-order valence-electron chi connectivity index (χ3n) is 12.0. The monoisotopic (exact) mass is 921 g/mol. The van der Waals surface area contributed by atoms with Gasteiger partial charge in [0.1, 0.15) is 13.2 Å². The van der Waals surface area contributed by atoms with Crippen molar-refractivity contribution in [3.8, 4) is 0 Å². The van der Waals surface area contributed by atoms with E-state index in [0.717, 1.165) is 109 Å². The van der Waals surface area contributed by atoms with Gasteiger partial charge in [-0.2, -0.15) is 0 Å². The molecule has 0 fully saturated rings. The Labute approximate surface area is 408 Å². The van der Waals surface area contributed by atoms with Crippen molar-refractivity contribution in [2.24, 2.45) is 0 Å². The minimum Gasteiger partial charge on any atom is -0.462 e. The third kappa shape index (κ3) is 51.8. The van der Waals surface area contributed by atoms with Gasteiger partial charge >= 0.3 is 17.9 Å². The summed E-state index contributed by atoms with van der Waals surface area (Å²) in [5, 5.41) is 0. The van der Waals surface area contributed by atoms with E-state index in [0.29, 0.717) is 19.3 Å². The molecular weight excluding hydrogens is 817 g/mol. The summed E-state index contributed by atoms with van der Waals surface area (Å²) in [6.45, 7) is 6.41. The summed E-state index contributed by atoms with van der Waals surface area (Å²) in [7, 11) is 0. The highest BCUT2D eigenvalue weighted by atomic mass is 16.6. The van der Waals surface area contributed by atoms with Gasteiger partial charge in [-0.15, -0.1) is 0 Å². The van der Waals surface area contributed by atoms with Crippen LogP contribution in [0.1, 0.15) is 271 Å². The number of unbranched alkanes of at least 4 members (excludes halogenated alkanes) is 27. The average Bonchev–Trinajstić information content (AvgIpc) is 3.31. The first kappa shape index (κ1) is 62.8. The Morgan fingerprint density at radius 1 is 0.318 bits per heavy atom. The summed E-state index contributed by atoms with van der Waals surface area (Å²) in [6, 6.07) is 0. The number of esters is 3. The molecule has 0 heterocycles. The zero-order chi connectivity index (χ0) is 47.9. The molecule has 6 heteroatoms. The van der Waals surface area contributed by atoms with Gasteiger partial charge in [-0.25, -0.2) is 0 Å². The minimum absolute atomic E-state index is 0.0889. The number of ether oxygens (including phenoxy) is 3. The quantitative estimate of drug-likeness (QED) is 0.0262.